The zero-order valence-electron chi connectivity index (χ0n) is 11.7. The average Bonchev–Trinajstić information content (AvgIpc) is 2.42. The fraction of sp³-hybridized carbons (Fsp3) is 0.375. The van der Waals surface area contributed by atoms with Crippen LogP contribution in [0.2, 0.25) is 5.02 Å². The second kappa shape index (κ2) is 5.62. The molecule has 5 heteroatoms. The molecule has 1 amide bonds. The van der Waals surface area contributed by atoms with E-state index in [0.717, 1.165) is 30.2 Å². The van der Waals surface area contributed by atoms with Crippen LogP contribution < -0.4 is 11.1 Å². The Balaban J connectivity index is 1.83. The first-order valence-electron chi connectivity index (χ1n) is 7.16. The molecule has 1 heterocycles. The van der Waals surface area contributed by atoms with Gasteiger partial charge in [-0.2, -0.15) is 0 Å². The third-order valence-corrected chi connectivity index (χ3v) is 4.54. The van der Waals surface area contributed by atoms with Crippen molar-refractivity contribution >= 4 is 34.1 Å². The molecule has 0 radical (unpaired) electrons. The number of nitrogens with zero attached hydrogens (tertiary/aromatic N) is 1. The molecule has 0 saturated heterocycles. The highest BCUT2D eigenvalue weighted by atomic mass is 35.5. The number of benzene rings is 1. The molecular weight excluding hydrogens is 286 g/mol. The lowest BCUT2D eigenvalue weighted by Gasteiger charge is -2.40. The molecule has 0 unspecified atom stereocenters. The standard InChI is InChI=1S/C16H18ClN3O/c17-12-7-11-3-1-6-19-15(11)13(8-12)20-14(21)9-16(10-18)4-2-5-16/h1,3,6-8H,2,4-5,9-10,18H2,(H,20,21). The highest BCUT2D eigenvalue weighted by Crippen LogP contribution is 2.43. The number of pyridine rings is 1. The van der Waals surface area contributed by atoms with Crippen LogP contribution in [-0.2, 0) is 4.79 Å². The Labute approximate surface area is 128 Å². The minimum Gasteiger partial charge on any atom is -0.330 e. The van der Waals surface area contributed by atoms with Gasteiger partial charge in [-0.25, -0.2) is 0 Å². The Morgan fingerprint density at radius 3 is 2.90 bits per heavy atom. The number of hydrogen-bond acceptors (Lipinski definition) is 3. The van der Waals surface area contributed by atoms with Gasteiger partial charge in [0.1, 0.15) is 0 Å². The van der Waals surface area contributed by atoms with E-state index in [1.165, 1.54) is 0 Å². The highest BCUT2D eigenvalue weighted by Gasteiger charge is 2.37. The van der Waals surface area contributed by atoms with Crippen molar-refractivity contribution in [2.24, 2.45) is 11.1 Å². The average molecular weight is 304 g/mol. The molecule has 1 fully saturated rings. The van der Waals surface area contributed by atoms with Crippen LogP contribution in [0.25, 0.3) is 10.9 Å². The van der Waals surface area contributed by atoms with Crippen molar-refractivity contribution in [3.8, 4) is 0 Å². The fourth-order valence-corrected chi connectivity index (χ4v) is 3.14. The highest BCUT2D eigenvalue weighted by molar-refractivity contribution is 6.32. The van der Waals surface area contributed by atoms with Crippen LogP contribution in [0.5, 0.6) is 0 Å². The molecule has 1 aromatic carbocycles. The van der Waals surface area contributed by atoms with Gasteiger partial charge in [0, 0.05) is 23.0 Å². The molecule has 1 saturated carbocycles. The van der Waals surface area contributed by atoms with Gasteiger partial charge in [-0.05, 0) is 43.0 Å². The molecule has 110 valence electrons. The number of amides is 1. The Morgan fingerprint density at radius 1 is 1.43 bits per heavy atom. The normalized spacial score (nSPS) is 16.5. The molecule has 1 aliphatic carbocycles. The Morgan fingerprint density at radius 2 is 2.24 bits per heavy atom. The number of rotatable bonds is 4. The van der Waals surface area contributed by atoms with E-state index in [1.54, 1.807) is 12.3 Å². The summed E-state index contributed by atoms with van der Waals surface area (Å²) in [6.45, 7) is 0.564. The molecule has 21 heavy (non-hydrogen) atoms. The summed E-state index contributed by atoms with van der Waals surface area (Å²) in [5.74, 6) is -0.0191. The monoisotopic (exact) mass is 303 g/mol. The number of anilines is 1. The van der Waals surface area contributed by atoms with Crippen LogP contribution in [0.3, 0.4) is 0 Å². The lowest BCUT2D eigenvalue weighted by molar-refractivity contribution is -0.119. The number of carbonyl (C=O) groups is 1. The maximum atomic E-state index is 12.3. The molecule has 0 aliphatic heterocycles. The number of fused-ring (bicyclic) bond motifs is 1. The van der Waals surface area contributed by atoms with Crippen LogP contribution in [0.4, 0.5) is 5.69 Å². The Bertz CT molecular complexity index is 677. The maximum Gasteiger partial charge on any atom is 0.225 e. The first kappa shape index (κ1) is 14.3. The lowest BCUT2D eigenvalue weighted by atomic mass is 9.66. The van der Waals surface area contributed by atoms with E-state index in [0.29, 0.717) is 23.7 Å². The minimum absolute atomic E-state index is 0.00805. The quantitative estimate of drug-likeness (QED) is 0.910. The summed E-state index contributed by atoms with van der Waals surface area (Å²) in [6, 6.07) is 7.36. The van der Waals surface area contributed by atoms with E-state index in [2.05, 4.69) is 10.3 Å². The van der Waals surface area contributed by atoms with E-state index >= 15 is 0 Å². The van der Waals surface area contributed by atoms with E-state index in [1.807, 2.05) is 18.2 Å². The third-order valence-electron chi connectivity index (χ3n) is 4.33. The summed E-state index contributed by atoms with van der Waals surface area (Å²) < 4.78 is 0. The molecule has 0 atom stereocenters. The van der Waals surface area contributed by atoms with Crippen molar-refractivity contribution in [3.63, 3.8) is 0 Å². The van der Waals surface area contributed by atoms with E-state index in [-0.39, 0.29) is 11.3 Å². The SMILES string of the molecule is NCC1(CC(=O)Nc2cc(Cl)cc3cccnc23)CCC1. The molecule has 3 N–H and O–H groups in total. The summed E-state index contributed by atoms with van der Waals surface area (Å²) in [5, 5.41) is 4.44. The molecule has 1 aliphatic rings. The van der Waals surface area contributed by atoms with Crippen LogP contribution in [-0.4, -0.2) is 17.4 Å². The summed E-state index contributed by atoms with van der Waals surface area (Å²) >= 11 is 6.11. The van der Waals surface area contributed by atoms with Crippen LogP contribution in [0.15, 0.2) is 30.5 Å². The van der Waals surface area contributed by atoms with Crippen LogP contribution >= 0.6 is 11.6 Å². The largest absolute Gasteiger partial charge is 0.330 e. The molecule has 0 bridgehead atoms. The number of carbonyl (C=O) groups excluding carboxylic acids is 1. The Kier molecular flexibility index (Phi) is 3.83. The molecular formula is C16H18ClN3O. The van der Waals surface area contributed by atoms with Gasteiger partial charge in [0.05, 0.1) is 11.2 Å². The van der Waals surface area contributed by atoms with Gasteiger partial charge in [-0.15, -0.1) is 0 Å². The predicted octanol–water partition coefficient (Wildman–Crippen LogP) is 3.35. The predicted molar refractivity (Wildman–Crippen MR) is 85.3 cm³/mol. The first-order valence-corrected chi connectivity index (χ1v) is 7.54. The van der Waals surface area contributed by atoms with E-state index < -0.39 is 0 Å². The van der Waals surface area contributed by atoms with Crippen molar-refractivity contribution in [2.45, 2.75) is 25.7 Å². The summed E-state index contributed by atoms with van der Waals surface area (Å²) in [6.07, 6.45) is 5.40. The topological polar surface area (TPSA) is 68.0 Å². The van der Waals surface area contributed by atoms with E-state index in [4.69, 9.17) is 17.3 Å². The van der Waals surface area contributed by atoms with Crippen molar-refractivity contribution < 1.29 is 4.79 Å². The summed E-state index contributed by atoms with van der Waals surface area (Å²) in [5.41, 5.74) is 7.22. The minimum atomic E-state index is -0.0191. The summed E-state index contributed by atoms with van der Waals surface area (Å²) in [4.78, 5) is 16.6. The van der Waals surface area contributed by atoms with Crippen LogP contribution in [0.1, 0.15) is 25.7 Å². The van der Waals surface area contributed by atoms with Crippen molar-refractivity contribution in [1.29, 1.82) is 0 Å². The second-order valence-electron chi connectivity index (χ2n) is 5.81. The number of hydrogen-bond donors (Lipinski definition) is 2. The summed E-state index contributed by atoms with van der Waals surface area (Å²) in [7, 11) is 0. The molecule has 3 rings (SSSR count). The van der Waals surface area contributed by atoms with Gasteiger partial charge in [0.2, 0.25) is 5.91 Å². The maximum absolute atomic E-state index is 12.3. The van der Waals surface area contributed by atoms with Gasteiger partial charge < -0.3 is 11.1 Å². The molecule has 4 nitrogen and oxygen atoms in total. The van der Waals surface area contributed by atoms with Gasteiger partial charge in [0.15, 0.2) is 0 Å². The molecule has 1 aromatic heterocycles. The second-order valence-corrected chi connectivity index (χ2v) is 6.25. The number of nitrogens with two attached hydrogens (primary N) is 1. The van der Waals surface area contributed by atoms with Crippen molar-refractivity contribution in [2.75, 3.05) is 11.9 Å². The third kappa shape index (κ3) is 2.87. The smallest absolute Gasteiger partial charge is 0.225 e. The number of nitrogens with one attached hydrogen (secondary N) is 1. The van der Waals surface area contributed by atoms with Crippen molar-refractivity contribution in [3.05, 3.63) is 35.5 Å². The molecule has 2 aromatic rings. The van der Waals surface area contributed by atoms with Crippen LogP contribution in [0, 0.1) is 5.41 Å². The lowest BCUT2D eigenvalue weighted by Crippen LogP contribution is -2.40. The number of halogens is 1. The Hall–Kier alpha value is -1.65. The van der Waals surface area contributed by atoms with Gasteiger partial charge in [-0.3, -0.25) is 9.78 Å². The zero-order chi connectivity index (χ0) is 14.9. The van der Waals surface area contributed by atoms with Gasteiger partial charge >= 0.3 is 0 Å². The van der Waals surface area contributed by atoms with Crippen molar-refractivity contribution in [1.82, 2.24) is 4.98 Å². The van der Waals surface area contributed by atoms with E-state index in [9.17, 15) is 4.79 Å². The zero-order valence-corrected chi connectivity index (χ0v) is 12.5. The number of aromatic nitrogens is 1. The first-order chi connectivity index (χ1) is 10.1. The molecule has 0 spiro atoms. The van der Waals surface area contributed by atoms with Gasteiger partial charge in [0.25, 0.3) is 0 Å². The van der Waals surface area contributed by atoms with Gasteiger partial charge in [-0.1, -0.05) is 24.1 Å². The fourth-order valence-electron chi connectivity index (χ4n) is 2.92.